The van der Waals surface area contributed by atoms with Gasteiger partial charge in [-0.15, -0.1) is 0 Å². The van der Waals surface area contributed by atoms with Crippen LogP contribution in [0.4, 0.5) is 11.4 Å². The van der Waals surface area contributed by atoms with Gasteiger partial charge in [0.1, 0.15) is 0 Å². The van der Waals surface area contributed by atoms with Crippen LogP contribution >= 0.6 is 0 Å². The molecule has 0 bridgehead atoms. The van der Waals surface area contributed by atoms with E-state index in [9.17, 15) is 25.1 Å². The first-order valence-corrected chi connectivity index (χ1v) is 7.12. The van der Waals surface area contributed by atoms with Crippen molar-refractivity contribution < 1.29 is 29.4 Å². The summed E-state index contributed by atoms with van der Waals surface area (Å²) in [5, 5.41) is 33.6. The quantitative estimate of drug-likeness (QED) is 0.654. The van der Waals surface area contributed by atoms with Gasteiger partial charge in [0.25, 0.3) is 11.6 Å². The van der Waals surface area contributed by atoms with Gasteiger partial charge in [-0.1, -0.05) is 11.8 Å². The first-order valence-electron chi connectivity index (χ1n) is 7.12. The number of carbonyl (C=O) groups excluding carboxylic acids is 1. The molecule has 2 aromatic carbocycles. The molecule has 0 aromatic heterocycles. The van der Waals surface area contributed by atoms with E-state index in [0.717, 1.165) is 23.1 Å². The molecule has 9 nitrogen and oxygen atoms in total. The van der Waals surface area contributed by atoms with Crippen LogP contribution in [0.15, 0.2) is 30.3 Å². The summed E-state index contributed by atoms with van der Waals surface area (Å²) in [6.45, 7) is 0. The van der Waals surface area contributed by atoms with Crippen molar-refractivity contribution in [3.05, 3.63) is 51.6 Å². The van der Waals surface area contributed by atoms with E-state index in [4.69, 9.17) is 9.47 Å². The molecule has 9 heteroatoms. The number of nitro benzene ring substituents is 1. The second-order valence-corrected chi connectivity index (χ2v) is 5.22. The van der Waals surface area contributed by atoms with Gasteiger partial charge in [-0.25, -0.2) is 0 Å². The number of nitro groups is 1. The molecule has 1 amide bonds. The van der Waals surface area contributed by atoms with Gasteiger partial charge in [0.05, 0.1) is 24.7 Å². The number of fused-ring (bicyclic) bond motifs is 1. The molecule has 1 heterocycles. The van der Waals surface area contributed by atoms with Crippen molar-refractivity contribution in [3.8, 4) is 17.2 Å². The van der Waals surface area contributed by atoms with Crippen LogP contribution in [-0.2, 0) is 0 Å². The molecule has 0 saturated carbocycles. The monoisotopic (exact) mass is 345 g/mol. The highest BCUT2D eigenvalue weighted by Gasteiger charge is 2.40. The number of carbonyl (C=O) groups is 1. The fourth-order valence-electron chi connectivity index (χ4n) is 2.80. The van der Waals surface area contributed by atoms with Crippen LogP contribution in [0.25, 0.3) is 0 Å². The Morgan fingerprint density at radius 2 is 1.92 bits per heavy atom. The molecule has 1 N–H and O–H groups in total. The lowest BCUT2D eigenvalue weighted by atomic mass is 10.1. The third-order valence-corrected chi connectivity index (χ3v) is 3.95. The second kappa shape index (κ2) is 5.95. The van der Waals surface area contributed by atoms with E-state index < -0.39 is 22.8 Å². The predicted molar refractivity (Wildman–Crippen MR) is 83.9 cm³/mol. The van der Waals surface area contributed by atoms with Gasteiger partial charge in [0, 0.05) is 23.4 Å². The maximum Gasteiger partial charge on any atom is 0.271 e. The Kier molecular flexibility index (Phi) is 3.93. The number of hydrogen-bond acceptors (Lipinski definition) is 7. The minimum absolute atomic E-state index is 0.0419. The molecule has 25 heavy (non-hydrogen) atoms. The Morgan fingerprint density at radius 3 is 2.52 bits per heavy atom. The van der Waals surface area contributed by atoms with Gasteiger partial charge >= 0.3 is 0 Å². The molecule has 0 fully saturated rings. The number of non-ortho nitro benzene ring substituents is 1. The number of nitrogens with zero attached hydrogens (tertiary/aromatic N) is 2. The van der Waals surface area contributed by atoms with Gasteiger partial charge in [-0.05, 0) is 12.1 Å². The lowest BCUT2D eigenvalue weighted by molar-refractivity contribution is -0.385. The second-order valence-electron chi connectivity index (χ2n) is 5.22. The van der Waals surface area contributed by atoms with E-state index in [-0.39, 0.29) is 34.0 Å². The highest BCUT2D eigenvalue weighted by atomic mass is 16.6. The van der Waals surface area contributed by atoms with E-state index in [1.54, 1.807) is 0 Å². The van der Waals surface area contributed by atoms with Crippen LogP contribution in [0.2, 0.25) is 0 Å². The molecular weight excluding hydrogens is 332 g/mol. The van der Waals surface area contributed by atoms with Gasteiger partial charge in [-0.3, -0.25) is 19.8 Å². The molecule has 0 saturated heterocycles. The average molecular weight is 345 g/mol. The summed E-state index contributed by atoms with van der Waals surface area (Å²) in [4.78, 5) is 23.9. The number of rotatable bonds is 4. The van der Waals surface area contributed by atoms with Crippen LogP contribution in [0.3, 0.4) is 0 Å². The summed E-state index contributed by atoms with van der Waals surface area (Å²) < 4.78 is 10.3. The van der Waals surface area contributed by atoms with Gasteiger partial charge < -0.3 is 19.7 Å². The first-order chi connectivity index (χ1) is 11.9. The van der Waals surface area contributed by atoms with Gasteiger partial charge in [-0.2, -0.15) is 0 Å². The number of aliphatic hydroxyl groups excluding tert-OH is 1. The summed E-state index contributed by atoms with van der Waals surface area (Å²) in [6.07, 6.45) is -1.47. The SMILES string of the molecule is COc1ccc2c(c1OC)C(=O)N(c1cc([N+](=O)[O-])ccc1[O-])[C@@H]2O. The van der Waals surface area contributed by atoms with Crippen LogP contribution < -0.4 is 19.5 Å². The molecule has 0 radical (unpaired) electrons. The van der Waals surface area contributed by atoms with Crippen LogP contribution in [0, 0.1) is 10.1 Å². The zero-order valence-corrected chi connectivity index (χ0v) is 13.3. The van der Waals surface area contributed by atoms with Crippen LogP contribution in [-0.4, -0.2) is 30.2 Å². The summed E-state index contributed by atoms with van der Waals surface area (Å²) in [7, 11) is 2.74. The predicted octanol–water partition coefficient (Wildman–Crippen LogP) is 1.34. The largest absolute Gasteiger partial charge is 0.871 e. The van der Waals surface area contributed by atoms with Crippen LogP contribution in [0.1, 0.15) is 22.1 Å². The number of aliphatic hydroxyl groups is 1. The third kappa shape index (κ3) is 2.41. The molecule has 2 aromatic rings. The van der Waals surface area contributed by atoms with Crippen molar-refractivity contribution in [2.24, 2.45) is 0 Å². The Labute approximate surface area is 141 Å². The topological polar surface area (TPSA) is 125 Å². The molecule has 130 valence electrons. The molecule has 0 unspecified atom stereocenters. The number of amides is 1. The maximum atomic E-state index is 12.8. The standard InChI is InChI=1S/C16H14N2O7/c1-24-12-6-4-9-13(14(12)25-2)16(21)17(15(9)20)10-7-8(18(22)23)3-5-11(10)19/h3-7,15,19-20H,1-2H3/p-1/t15-/m1/s1. The zero-order valence-electron chi connectivity index (χ0n) is 13.3. The van der Waals surface area contributed by atoms with E-state index >= 15 is 0 Å². The van der Waals surface area contributed by atoms with Gasteiger partial charge in [0.2, 0.25) is 0 Å². The summed E-state index contributed by atoms with van der Waals surface area (Å²) in [5.74, 6) is -0.943. The summed E-state index contributed by atoms with van der Waals surface area (Å²) in [6, 6.07) is 5.97. The Balaban J connectivity index is 2.17. The lowest BCUT2D eigenvalue weighted by Gasteiger charge is -2.25. The number of hydrogen-bond donors (Lipinski definition) is 1. The molecule has 1 atom stereocenters. The van der Waals surface area contributed by atoms with E-state index in [2.05, 4.69) is 0 Å². The summed E-state index contributed by atoms with van der Waals surface area (Å²) in [5.41, 5.74) is -0.396. The maximum absolute atomic E-state index is 12.8. The lowest BCUT2D eigenvalue weighted by Crippen LogP contribution is -2.28. The third-order valence-electron chi connectivity index (χ3n) is 3.95. The van der Waals surface area contributed by atoms with E-state index in [1.165, 1.54) is 26.4 Å². The summed E-state index contributed by atoms with van der Waals surface area (Å²) >= 11 is 0. The Bertz CT molecular complexity index is 881. The minimum Gasteiger partial charge on any atom is -0.871 e. The molecular formula is C16H13N2O7-. The van der Waals surface area contributed by atoms with Crippen molar-refractivity contribution in [1.29, 1.82) is 0 Å². The van der Waals surface area contributed by atoms with Crippen molar-refractivity contribution in [2.45, 2.75) is 6.23 Å². The highest BCUT2D eigenvalue weighted by Crippen LogP contribution is 2.46. The Morgan fingerprint density at radius 1 is 1.20 bits per heavy atom. The molecule has 0 spiro atoms. The fraction of sp³-hybridized carbons (Fsp3) is 0.188. The number of anilines is 1. The fourth-order valence-corrected chi connectivity index (χ4v) is 2.80. The van der Waals surface area contributed by atoms with Crippen molar-refractivity contribution in [1.82, 2.24) is 0 Å². The van der Waals surface area contributed by atoms with Gasteiger partial charge in [0.15, 0.2) is 17.7 Å². The van der Waals surface area contributed by atoms with E-state index in [1.807, 2.05) is 0 Å². The number of benzene rings is 2. The van der Waals surface area contributed by atoms with E-state index in [0.29, 0.717) is 0 Å². The molecule has 0 aliphatic carbocycles. The Hall–Kier alpha value is -3.33. The zero-order chi connectivity index (χ0) is 18.3. The normalized spacial score (nSPS) is 15.9. The average Bonchev–Trinajstić information content (AvgIpc) is 2.85. The molecule has 1 aliphatic heterocycles. The number of methoxy groups -OCH3 is 2. The van der Waals surface area contributed by atoms with Crippen molar-refractivity contribution >= 4 is 17.3 Å². The van der Waals surface area contributed by atoms with Crippen LogP contribution in [0.5, 0.6) is 17.2 Å². The number of ether oxygens (including phenoxy) is 2. The first kappa shape index (κ1) is 16.5. The van der Waals surface area contributed by atoms with Crippen molar-refractivity contribution in [2.75, 3.05) is 19.1 Å². The minimum atomic E-state index is -1.47. The van der Waals surface area contributed by atoms with Crippen molar-refractivity contribution in [3.63, 3.8) is 0 Å². The molecule has 3 rings (SSSR count). The smallest absolute Gasteiger partial charge is 0.271 e. The molecule has 1 aliphatic rings. The highest BCUT2D eigenvalue weighted by molar-refractivity contribution is 6.13.